The van der Waals surface area contributed by atoms with Crippen LogP contribution >= 0.6 is 0 Å². The number of aliphatic hydroxyl groups is 1. The number of hydrogen-bond acceptors (Lipinski definition) is 4. The molecule has 5 heteroatoms. The molecule has 0 bridgehead atoms. The fourth-order valence-electron chi connectivity index (χ4n) is 1.41. The van der Waals surface area contributed by atoms with E-state index in [1.54, 1.807) is 0 Å². The highest BCUT2D eigenvalue weighted by atomic mass is 16.6. The summed E-state index contributed by atoms with van der Waals surface area (Å²) in [5.74, 6) is -2.02. The molecule has 0 saturated carbocycles. The predicted molar refractivity (Wildman–Crippen MR) is 43.8 cm³/mol. The number of benzene rings is 1. The van der Waals surface area contributed by atoms with E-state index in [1.165, 1.54) is 18.2 Å². The molecular formula is C9H6O5. The number of cyclic esters (lactones) is 1. The minimum Gasteiger partial charge on any atom is -0.478 e. The lowest BCUT2D eigenvalue weighted by molar-refractivity contribution is -0.0548. The van der Waals surface area contributed by atoms with Gasteiger partial charge in [-0.3, -0.25) is 0 Å². The van der Waals surface area contributed by atoms with Crippen molar-refractivity contribution in [3.8, 4) is 0 Å². The van der Waals surface area contributed by atoms with Gasteiger partial charge in [0.25, 0.3) is 0 Å². The lowest BCUT2D eigenvalue weighted by Gasteiger charge is -2.00. The number of carbonyl (C=O) groups is 2. The highest BCUT2D eigenvalue weighted by Gasteiger charge is 2.33. The van der Waals surface area contributed by atoms with Gasteiger partial charge in [-0.25, -0.2) is 9.59 Å². The summed E-state index contributed by atoms with van der Waals surface area (Å²) in [5.41, 5.74) is -0.00792. The molecule has 0 spiro atoms. The molecule has 14 heavy (non-hydrogen) atoms. The van der Waals surface area contributed by atoms with Crippen molar-refractivity contribution in [2.24, 2.45) is 0 Å². The molecule has 0 aliphatic carbocycles. The van der Waals surface area contributed by atoms with Crippen LogP contribution in [0.3, 0.4) is 0 Å². The Kier molecular flexibility index (Phi) is 1.75. The number of fused-ring (bicyclic) bond motifs is 1. The van der Waals surface area contributed by atoms with Gasteiger partial charge < -0.3 is 14.9 Å². The molecular weight excluding hydrogens is 188 g/mol. The van der Waals surface area contributed by atoms with E-state index in [0.29, 0.717) is 0 Å². The number of aromatic carboxylic acids is 1. The molecule has 1 aromatic rings. The van der Waals surface area contributed by atoms with Gasteiger partial charge in [0.05, 0.1) is 11.1 Å². The summed E-state index contributed by atoms with van der Waals surface area (Å²) in [5, 5.41) is 18.0. The summed E-state index contributed by atoms with van der Waals surface area (Å²) >= 11 is 0. The van der Waals surface area contributed by atoms with Crippen molar-refractivity contribution in [3.05, 3.63) is 34.9 Å². The molecule has 0 radical (unpaired) electrons. The minimum absolute atomic E-state index is 0.0625. The van der Waals surface area contributed by atoms with Crippen molar-refractivity contribution in [3.63, 3.8) is 0 Å². The Hall–Kier alpha value is -1.88. The van der Waals surface area contributed by atoms with Crippen LogP contribution in [0.15, 0.2) is 18.2 Å². The summed E-state index contributed by atoms with van der Waals surface area (Å²) in [6, 6.07) is 4.20. The van der Waals surface area contributed by atoms with Gasteiger partial charge in [0.1, 0.15) is 0 Å². The van der Waals surface area contributed by atoms with E-state index in [0.717, 1.165) is 0 Å². The van der Waals surface area contributed by atoms with Crippen LogP contribution in [-0.4, -0.2) is 22.2 Å². The Morgan fingerprint density at radius 3 is 2.79 bits per heavy atom. The Labute approximate surface area is 78.5 Å². The van der Waals surface area contributed by atoms with E-state index < -0.39 is 18.2 Å². The van der Waals surface area contributed by atoms with E-state index in [4.69, 9.17) is 5.11 Å². The average Bonchev–Trinajstić information content (AvgIpc) is 2.43. The fraction of sp³-hybridized carbons (Fsp3) is 0.111. The molecule has 0 aromatic heterocycles. The van der Waals surface area contributed by atoms with Gasteiger partial charge >= 0.3 is 11.9 Å². The topological polar surface area (TPSA) is 83.8 Å². The number of carboxylic acid groups (broad SMARTS) is 1. The number of rotatable bonds is 1. The van der Waals surface area contributed by atoms with Crippen LogP contribution in [0.1, 0.15) is 32.6 Å². The van der Waals surface area contributed by atoms with Crippen molar-refractivity contribution in [2.45, 2.75) is 6.29 Å². The molecule has 1 aliphatic heterocycles. The molecule has 2 rings (SSSR count). The van der Waals surface area contributed by atoms with Gasteiger partial charge in [0.2, 0.25) is 6.29 Å². The molecule has 1 aliphatic rings. The number of ether oxygens (including phenoxy) is 1. The fourth-order valence-corrected chi connectivity index (χ4v) is 1.41. The van der Waals surface area contributed by atoms with Crippen molar-refractivity contribution in [1.29, 1.82) is 0 Å². The van der Waals surface area contributed by atoms with Crippen molar-refractivity contribution in [2.75, 3.05) is 0 Å². The molecule has 0 unspecified atom stereocenters. The molecule has 72 valence electrons. The maximum atomic E-state index is 11.2. The van der Waals surface area contributed by atoms with Gasteiger partial charge in [0.15, 0.2) is 0 Å². The van der Waals surface area contributed by atoms with Crippen molar-refractivity contribution in [1.82, 2.24) is 0 Å². The zero-order chi connectivity index (χ0) is 10.3. The van der Waals surface area contributed by atoms with Crippen LogP contribution in [-0.2, 0) is 4.74 Å². The second-order valence-electron chi connectivity index (χ2n) is 2.83. The van der Waals surface area contributed by atoms with Gasteiger partial charge in [-0.2, -0.15) is 0 Å². The van der Waals surface area contributed by atoms with Crippen LogP contribution in [0.4, 0.5) is 0 Å². The standard InChI is InChI=1S/C9H6O5/c10-7(11)4-2-1-3-5-6(4)9(13)14-8(5)12/h1-3,8,12H,(H,10,11)/t8-/m1/s1. The first kappa shape index (κ1) is 8.71. The Morgan fingerprint density at radius 2 is 2.14 bits per heavy atom. The first-order valence-corrected chi connectivity index (χ1v) is 3.86. The molecule has 1 aromatic carbocycles. The number of hydrogen-bond donors (Lipinski definition) is 2. The number of esters is 1. The molecule has 0 fully saturated rings. The first-order valence-electron chi connectivity index (χ1n) is 3.86. The summed E-state index contributed by atoms with van der Waals surface area (Å²) < 4.78 is 4.48. The zero-order valence-electron chi connectivity index (χ0n) is 6.93. The quantitative estimate of drug-likeness (QED) is 0.637. The second-order valence-corrected chi connectivity index (χ2v) is 2.83. The third-order valence-corrected chi connectivity index (χ3v) is 2.02. The number of carboxylic acids is 1. The largest absolute Gasteiger partial charge is 0.478 e. The summed E-state index contributed by atoms with van der Waals surface area (Å²) in [4.78, 5) is 21.9. The molecule has 0 amide bonds. The van der Waals surface area contributed by atoms with Crippen LogP contribution < -0.4 is 0 Å². The smallest absolute Gasteiger partial charge is 0.342 e. The van der Waals surface area contributed by atoms with E-state index in [-0.39, 0.29) is 16.7 Å². The van der Waals surface area contributed by atoms with Crippen LogP contribution in [0, 0.1) is 0 Å². The maximum absolute atomic E-state index is 11.2. The van der Waals surface area contributed by atoms with E-state index in [9.17, 15) is 14.7 Å². The second kappa shape index (κ2) is 2.81. The summed E-state index contributed by atoms with van der Waals surface area (Å²) in [6.07, 6.45) is -1.35. The van der Waals surface area contributed by atoms with Crippen molar-refractivity contribution >= 4 is 11.9 Å². The third kappa shape index (κ3) is 1.06. The van der Waals surface area contributed by atoms with Crippen molar-refractivity contribution < 1.29 is 24.5 Å². The maximum Gasteiger partial charge on any atom is 0.342 e. The highest BCUT2D eigenvalue weighted by molar-refractivity contribution is 6.05. The predicted octanol–water partition coefficient (Wildman–Crippen LogP) is 0.546. The van der Waals surface area contributed by atoms with E-state index >= 15 is 0 Å². The third-order valence-electron chi connectivity index (χ3n) is 2.02. The number of carbonyl (C=O) groups excluding carboxylic acids is 1. The van der Waals surface area contributed by atoms with Gasteiger partial charge in [0, 0.05) is 5.56 Å². The SMILES string of the molecule is O=C(O)c1cccc2c1C(=O)O[C@H]2O. The first-order chi connectivity index (χ1) is 6.61. The van der Waals surface area contributed by atoms with Gasteiger partial charge in [-0.1, -0.05) is 12.1 Å². The average molecular weight is 194 g/mol. The monoisotopic (exact) mass is 194 g/mol. The summed E-state index contributed by atoms with van der Waals surface area (Å²) in [6.45, 7) is 0. The molecule has 0 saturated heterocycles. The highest BCUT2D eigenvalue weighted by Crippen LogP contribution is 2.30. The Bertz CT molecular complexity index is 423. The Morgan fingerprint density at radius 1 is 1.43 bits per heavy atom. The van der Waals surface area contributed by atoms with E-state index in [1.807, 2.05) is 0 Å². The van der Waals surface area contributed by atoms with E-state index in [2.05, 4.69) is 4.74 Å². The van der Waals surface area contributed by atoms with Gasteiger partial charge in [-0.05, 0) is 6.07 Å². The minimum atomic E-state index is -1.35. The summed E-state index contributed by atoms with van der Waals surface area (Å²) in [7, 11) is 0. The van der Waals surface area contributed by atoms with Gasteiger partial charge in [-0.15, -0.1) is 0 Å². The molecule has 5 nitrogen and oxygen atoms in total. The lowest BCUT2D eigenvalue weighted by Crippen LogP contribution is -2.05. The normalized spacial score (nSPS) is 18.9. The van der Waals surface area contributed by atoms with Crippen LogP contribution in [0.25, 0.3) is 0 Å². The zero-order valence-corrected chi connectivity index (χ0v) is 6.93. The van der Waals surface area contributed by atoms with Crippen LogP contribution in [0.5, 0.6) is 0 Å². The number of aliphatic hydroxyl groups excluding tert-OH is 1. The van der Waals surface area contributed by atoms with Crippen LogP contribution in [0.2, 0.25) is 0 Å². The Balaban J connectivity index is 2.68. The molecule has 1 heterocycles. The lowest BCUT2D eigenvalue weighted by atomic mass is 10.0. The molecule has 2 N–H and O–H groups in total. The molecule has 1 atom stereocenters.